The van der Waals surface area contributed by atoms with Crippen LogP contribution in [0.5, 0.6) is 11.5 Å². The summed E-state index contributed by atoms with van der Waals surface area (Å²) in [7, 11) is -4.25. The zero-order valence-electron chi connectivity index (χ0n) is 23.1. The van der Waals surface area contributed by atoms with Crippen molar-refractivity contribution in [3.63, 3.8) is 0 Å². The molecule has 0 bridgehead atoms. The van der Waals surface area contributed by atoms with Crippen LogP contribution in [0.4, 0.5) is 4.39 Å². The van der Waals surface area contributed by atoms with Crippen molar-refractivity contribution < 1.29 is 27.0 Å². The minimum atomic E-state index is -4.25. The van der Waals surface area contributed by atoms with E-state index in [0.717, 1.165) is 5.56 Å². The van der Waals surface area contributed by atoms with E-state index in [4.69, 9.17) is 19.3 Å². The average Bonchev–Trinajstić information content (AvgIpc) is 3.31. The highest BCUT2D eigenvalue weighted by Crippen LogP contribution is 2.43. The number of benzene rings is 2. The molecule has 13 heteroatoms. The molecule has 2 aromatic carbocycles. The summed E-state index contributed by atoms with van der Waals surface area (Å²) in [5.41, 5.74) is -0.459. The molecule has 4 aromatic rings. The lowest BCUT2D eigenvalue weighted by Gasteiger charge is -2.38. The average molecular weight is 583 g/mol. The number of rotatable bonds is 9. The molecule has 2 aromatic heterocycles. The second kappa shape index (κ2) is 11.1. The molecule has 0 saturated heterocycles. The van der Waals surface area contributed by atoms with Crippen LogP contribution >= 0.6 is 0 Å². The van der Waals surface area contributed by atoms with Crippen molar-refractivity contribution in [3.8, 4) is 22.9 Å². The molecule has 5 rings (SSSR count). The Hall–Kier alpha value is -3.94. The van der Waals surface area contributed by atoms with Gasteiger partial charge in [-0.3, -0.25) is 4.57 Å². The number of aryl methyl sites for hydroxylation is 1. The SMILES string of the molecule is Cc1cnc(C(OC(C)C)(c2nnc3n2[C@H](COc2ccc(F)cc2)COc2ccccc2-3)C(C)S(N)(=O)=O)nc1. The Morgan fingerprint density at radius 3 is 2.44 bits per heavy atom. The fourth-order valence-corrected chi connectivity index (χ4v) is 5.54. The van der Waals surface area contributed by atoms with Crippen LogP contribution in [0.25, 0.3) is 11.4 Å². The van der Waals surface area contributed by atoms with Gasteiger partial charge in [-0.15, -0.1) is 10.2 Å². The van der Waals surface area contributed by atoms with E-state index in [1.807, 2.05) is 31.2 Å². The number of hydrogen-bond acceptors (Lipinski definition) is 9. The first-order valence-electron chi connectivity index (χ1n) is 13.0. The van der Waals surface area contributed by atoms with Crippen molar-refractivity contribution in [1.82, 2.24) is 24.7 Å². The van der Waals surface area contributed by atoms with Gasteiger partial charge in [0.1, 0.15) is 41.8 Å². The Kier molecular flexibility index (Phi) is 7.77. The summed E-state index contributed by atoms with van der Waals surface area (Å²) in [6.45, 7) is 6.96. The lowest BCUT2D eigenvalue weighted by Crippen LogP contribution is -2.52. The smallest absolute Gasteiger partial charge is 0.215 e. The van der Waals surface area contributed by atoms with Crippen LogP contribution in [0.3, 0.4) is 0 Å². The van der Waals surface area contributed by atoms with Gasteiger partial charge in [0.05, 0.1) is 11.7 Å². The van der Waals surface area contributed by atoms with Crippen LogP contribution in [-0.4, -0.2) is 57.7 Å². The number of ether oxygens (including phenoxy) is 3. The van der Waals surface area contributed by atoms with Crippen LogP contribution in [0.2, 0.25) is 0 Å². The van der Waals surface area contributed by atoms with Gasteiger partial charge in [0, 0.05) is 12.4 Å². The van der Waals surface area contributed by atoms with Gasteiger partial charge in [0.2, 0.25) is 15.6 Å². The fraction of sp³-hybridized carbons (Fsp3) is 0.357. The molecule has 11 nitrogen and oxygen atoms in total. The molecule has 3 heterocycles. The molecule has 41 heavy (non-hydrogen) atoms. The predicted molar refractivity (Wildman–Crippen MR) is 148 cm³/mol. The molecule has 1 aliphatic heterocycles. The van der Waals surface area contributed by atoms with E-state index in [2.05, 4.69) is 20.2 Å². The number of aromatic nitrogens is 5. The van der Waals surface area contributed by atoms with Gasteiger partial charge < -0.3 is 14.2 Å². The number of hydrogen-bond donors (Lipinski definition) is 1. The van der Waals surface area contributed by atoms with Crippen molar-refractivity contribution in [1.29, 1.82) is 0 Å². The maximum absolute atomic E-state index is 13.5. The third-order valence-electron chi connectivity index (χ3n) is 6.81. The number of para-hydroxylation sites is 1. The summed E-state index contributed by atoms with van der Waals surface area (Å²) >= 11 is 0. The van der Waals surface area contributed by atoms with E-state index in [1.54, 1.807) is 30.8 Å². The van der Waals surface area contributed by atoms with Gasteiger partial charge in [0.25, 0.3) is 0 Å². The first-order valence-corrected chi connectivity index (χ1v) is 14.7. The summed E-state index contributed by atoms with van der Waals surface area (Å²) < 4.78 is 60.1. The summed E-state index contributed by atoms with van der Waals surface area (Å²) in [4.78, 5) is 9.01. The highest BCUT2D eigenvalue weighted by molar-refractivity contribution is 7.89. The summed E-state index contributed by atoms with van der Waals surface area (Å²) in [5.74, 6) is 1.21. The first kappa shape index (κ1) is 28.6. The van der Waals surface area contributed by atoms with Gasteiger partial charge in [0.15, 0.2) is 17.5 Å². The van der Waals surface area contributed by atoms with Gasteiger partial charge in [-0.1, -0.05) is 12.1 Å². The van der Waals surface area contributed by atoms with Gasteiger partial charge in [-0.25, -0.2) is 27.9 Å². The minimum Gasteiger partial charge on any atom is -0.491 e. The lowest BCUT2D eigenvalue weighted by molar-refractivity contribution is -0.0713. The van der Waals surface area contributed by atoms with Crippen molar-refractivity contribution in [2.45, 2.75) is 50.7 Å². The Balaban J connectivity index is 1.76. The number of nitrogens with two attached hydrogens (primary N) is 1. The van der Waals surface area contributed by atoms with Gasteiger partial charge >= 0.3 is 0 Å². The third-order valence-corrected chi connectivity index (χ3v) is 8.13. The van der Waals surface area contributed by atoms with E-state index >= 15 is 0 Å². The Morgan fingerprint density at radius 2 is 1.78 bits per heavy atom. The number of halogens is 1. The molecule has 0 aliphatic carbocycles. The standard InChI is InChI=1S/C28H31FN6O5S/c1-17(2)40-28(19(4)41(30,36)37,26-31-13-18(3)14-32-26)27-34-33-25-23-7-5-6-8-24(23)39-16-21(35(25)27)15-38-22-11-9-20(29)10-12-22/h5-14,17,19,21H,15-16H2,1-4H3,(H2,30,36,37)/t19?,21-,28?/m1/s1. The Bertz CT molecular complexity index is 1630. The maximum atomic E-state index is 13.5. The predicted octanol–water partition coefficient (Wildman–Crippen LogP) is 3.54. The zero-order chi connectivity index (χ0) is 29.4. The highest BCUT2D eigenvalue weighted by atomic mass is 32.2. The van der Waals surface area contributed by atoms with Crippen molar-refractivity contribution in [3.05, 3.63) is 84.0 Å². The van der Waals surface area contributed by atoms with Gasteiger partial charge in [-0.2, -0.15) is 0 Å². The quantitative estimate of drug-likeness (QED) is 0.313. The summed E-state index contributed by atoms with van der Waals surface area (Å²) in [6.07, 6.45) is 2.65. The zero-order valence-corrected chi connectivity index (χ0v) is 23.9. The minimum absolute atomic E-state index is 0.0495. The number of fused-ring (bicyclic) bond motifs is 3. The summed E-state index contributed by atoms with van der Waals surface area (Å²) in [5, 5.41) is 13.4. The Morgan fingerprint density at radius 1 is 1.10 bits per heavy atom. The molecule has 0 amide bonds. The highest BCUT2D eigenvalue weighted by Gasteiger charge is 2.54. The molecule has 0 radical (unpaired) electrons. The maximum Gasteiger partial charge on any atom is 0.215 e. The summed E-state index contributed by atoms with van der Waals surface area (Å²) in [6, 6.07) is 12.4. The fourth-order valence-electron chi connectivity index (χ4n) is 4.81. The van der Waals surface area contributed by atoms with Crippen molar-refractivity contribution in [2.24, 2.45) is 5.14 Å². The molecule has 3 atom stereocenters. The van der Waals surface area contributed by atoms with E-state index in [1.165, 1.54) is 31.2 Å². The van der Waals surface area contributed by atoms with E-state index in [-0.39, 0.29) is 30.7 Å². The van der Waals surface area contributed by atoms with Crippen LogP contribution in [0, 0.1) is 12.7 Å². The van der Waals surface area contributed by atoms with E-state index in [0.29, 0.717) is 22.9 Å². The molecule has 2 unspecified atom stereocenters. The molecule has 216 valence electrons. The Labute approximate surface area is 237 Å². The van der Waals surface area contributed by atoms with Gasteiger partial charge in [-0.05, 0) is 69.7 Å². The second-order valence-electron chi connectivity index (χ2n) is 10.2. The lowest BCUT2D eigenvalue weighted by atomic mass is 9.95. The molecule has 0 fully saturated rings. The topological polar surface area (TPSA) is 144 Å². The van der Waals surface area contributed by atoms with Crippen LogP contribution in [-0.2, 0) is 20.4 Å². The number of sulfonamides is 1. The molecule has 0 saturated carbocycles. The normalized spacial score (nSPS) is 17.1. The van der Waals surface area contributed by atoms with E-state index in [9.17, 15) is 12.8 Å². The molecule has 1 aliphatic rings. The second-order valence-corrected chi connectivity index (χ2v) is 12.0. The third kappa shape index (κ3) is 5.52. The van der Waals surface area contributed by atoms with Crippen molar-refractivity contribution >= 4 is 10.0 Å². The van der Waals surface area contributed by atoms with Crippen LogP contribution in [0.1, 0.15) is 44.0 Å². The number of nitrogens with zero attached hydrogens (tertiary/aromatic N) is 5. The largest absolute Gasteiger partial charge is 0.491 e. The monoisotopic (exact) mass is 582 g/mol. The molecule has 0 spiro atoms. The molecular weight excluding hydrogens is 551 g/mol. The number of primary sulfonamides is 1. The first-order chi connectivity index (χ1) is 19.5. The molecule has 2 N–H and O–H groups in total. The van der Waals surface area contributed by atoms with Crippen LogP contribution in [0.15, 0.2) is 60.9 Å². The van der Waals surface area contributed by atoms with Crippen LogP contribution < -0.4 is 14.6 Å². The molecular formula is C28H31FN6O5S. The van der Waals surface area contributed by atoms with Crippen molar-refractivity contribution in [2.75, 3.05) is 13.2 Å². The van der Waals surface area contributed by atoms with E-state index < -0.39 is 33.0 Å².